The van der Waals surface area contributed by atoms with E-state index in [1.165, 1.54) is 0 Å². The molecule has 0 unspecified atom stereocenters. The van der Waals surface area contributed by atoms with E-state index in [4.69, 9.17) is 5.73 Å². The van der Waals surface area contributed by atoms with E-state index in [1.54, 1.807) is 31.5 Å². The number of hydrogen-bond acceptors (Lipinski definition) is 4. The first-order valence-electron chi connectivity index (χ1n) is 5.16. The van der Waals surface area contributed by atoms with Gasteiger partial charge in [0.2, 0.25) is 0 Å². The number of nitrogens with one attached hydrogen (secondary N) is 2. The minimum Gasteiger partial charge on any atom is -0.397 e. The van der Waals surface area contributed by atoms with Gasteiger partial charge in [0, 0.05) is 18.1 Å². The highest BCUT2D eigenvalue weighted by atomic mass is 16.1. The van der Waals surface area contributed by atoms with E-state index < -0.39 is 0 Å². The Bertz CT molecular complexity index is 534. The fourth-order valence-corrected chi connectivity index (χ4v) is 1.41. The number of nitrogens with zero attached hydrogens (tertiary/aromatic N) is 2. The molecular formula is C11H13N5O. The molecule has 0 atom stereocenters. The topological polar surface area (TPSA) is 96.7 Å². The van der Waals surface area contributed by atoms with Gasteiger partial charge in [-0.15, -0.1) is 0 Å². The summed E-state index contributed by atoms with van der Waals surface area (Å²) in [6.07, 6.45) is 3.24. The average Bonchev–Trinajstić information content (AvgIpc) is 2.73. The van der Waals surface area contributed by atoms with Crippen LogP contribution in [0.1, 0.15) is 22.0 Å². The Kier molecular flexibility index (Phi) is 3.04. The summed E-state index contributed by atoms with van der Waals surface area (Å²) in [6.45, 7) is 2.16. The summed E-state index contributed by atoms with van der Waals surface area (Å²) >= 11 is 0. The van der Waals surface area contributed by atoms with Gasteiger partial charge in [0.1, 0.15) is 11.5 Å². The number of amides is 1. The van der Waals surface area contributed by atoms with E-state index in [0.717, 1.165) is 5.69 Å². The molecule has 0 spiro atoms. The minimum absolute atomic E-state index is 0.210. The molecule has 88 valence electrons. The Labute approximate surface area is 98.3 Å². The molecule has 0 fully saturated rings. The van der Waals surface area contributed by atoms with Crippen LogP contribution in [0.4, 0.5) is 5.69 Å². The van der Waals surface area contributed by atoms with Gasteiger partial charge in [0.15, 0.2) is 0 Å². The predicted octanol–water partition coefficient (Wildman–Crippen LogP) is 0.625. The molecule has 4 N–H and O–H groups in total. The smallest absolute Gasteiger partial charge is 0.268 e. The van der Waals surface area contributed by atoms with Gasteiger partial charge < -0.3 is 16.0 Å². The lowest BCUT2D eigenvalue weighted by atomic mass is 10.3. The number of aromatic nitrogens is 3. The standard InChI is InChI=1S/C11H13N5O/c1-7-13-3-2-9(16-7)6-15-11(17)10-4-8(12)5-14-10/h2-5,14H,6,12H2,1H3,(H,15,17). The zero-order valence-corrected chi connectivity index (χ0v) is 9.40. The van der Waals surface area contributed by atoms with Crippen LogP contribution >= 0.6 is 0 Å². The van der Waals surface area contributed by atoms with Gasteiger partial charge in [0.05, 0.1) is 12.2 Å². The van der Waals surface area contributed by atoms with Crippen molar-refractivity contribution in [2.24, 2.45) is 0 Å². The lowest BCUT2D eigenvalue weighted by Crippen LogP contribution is -2.23. The second-order valence-electron chi connectivity index (χ2n) is 3.62. The summed E-state index contributed by atoms with van der Waals surface area (Å²) in [5.74, 6) is 0.471. The van der Waals surface area contributed by atoms with Crippen LogP contribution in [0.3, 0.4) is 0 Å². The van der Waals surface area contributed by atoms with Crippen molar-refractivity contribution in [3.63, 3.8) is 0 Å². The maximum absolute atomic E-state index is 11.7. The van der Waals surface area contributed by atoms with Gasteiger partial charge in [-0.3, -0.25) is 4.79 Å². The lowest BCUT2D eigenvalue weighted by molar-refractivity contribution is 0.0946. The molecule has 2 rings (SSSR count). The number of hydrogen-bond donors (Lipinski definition) is 3. The first kappa shape index (κ1) is 11.1. The highest BCUT2D eigenvalue weighted by molar-refractivity contribution is 5.93. The number of rotatable bonds is 3. The van der Waals surface area contributed by atoms with E-state index >= 15 is 0 Å². The molecule has 0 saturated heterocycles. The van der Waals surface area contributed by atoms with Gasteiger partial charge in [-0.2, -0.15) is 0 Å². The molecule has 6 heteroatoms. The first-order chi connectivity index (χ1) is 8.15. The molecular weight excluding hydrogens is 218 g/mol. The van der Waals surface area contributed by atoms with Gasteiger partial charge in [-0.1, -0.05) is 0 Å². The van der Waals surface area contributed by atoms with Crippen molar-refractivity contribution < 1.29 is 4.79 Å². The van der Waals surface area contributed by atoms with Crippen LogP contribution in [0.2, 0.25) is 0 Å². The Hall–Kier alpha value is -2.37. The predicted molar refractivity (Wildman–Crippen MR) is 63.1 cm³/mol. The number of aryl methyl sites for hydroxylation is 1. The van der Waals surface area contributed by atoms with Crippen LogP contribution in [0.25, 0.3) is 0 Å². The van der Waals surface area contributed by atoms with E-state index in [-0.39, 0.29) is 5.91 Å². The monoisotopic (exact) mass is 231 g/mol. The van der Waals surface area contributed by atoms with Crippen LogP contribution in [0.5, 0.6) is 0 Å². The normalized spacial score (nSPS) is 10.2. The molecule has 6 nitrogen and oxygen atoms in total. The average molecular weight is 231 g/mol. The third-order valence-corrected chi connectivity index (χ3v) is 2.21. The molecule has 0 aliphatic heterocycles. The summed E-state index contributed by atoms with van der Waals surface area (Å²) in [4.78, 5) is 22.6. The molecule has 0 saturated carbocycles. The summed E-state index contributed by atoms with van der Waals surface area (Å²) in [6, 6.07) is 3.34. The molecule has 0 bridgehead atoms. The fourth-order valence-electron chi connectivity index (χ4n) is 1.41. The molecule has 1 amide bonds. The van der Waals surface area contributed by atoms with Gasteiger partial charge >= 0.3 is 0 Å². The number of carbonyl (C=O) groups is 1. The third kappa shape index (κ3) is 2.81. The number of aromatic amines is 1. The number of anilines is 1. The van der Waals surface area contributed by atoms with Crippen molar-refractivity contribution in [1.29, 1.82) is 0 Å². The second-order valence-corrected chi connectivity index (χ2v) is 3.62. The Morgan fingerprint density at radius 2 is 2.41 bits per heavy atom. The maximum atomic E-state index is 11.7. The van der Waals surface area contributed by atoms with Crippen LogP contribution < -0.4 is 11.1 Å². The van der Waals surface area contributed by atoms with Crippen molar-refractivity contribution in [2.45, 2.75) is 13.5 Å². The van der Waals surface area contributed by atoms with Gasteiger partial charge in [0.25, 0.3) is 5.91 Å². The van der Waals surface area contributed by atoms with Crippen LogP contribution in [-0.4, -0.2) is 20.9 Å². The number of carbonyl (C=O) groups excluding carboxylic acids is 1. The molecule has 2 heterocycles. The SMILES string of the molecule is Cc1nccc(CNC(=O)c2cc(N)c[nH]2)n1. The second kappa shape index (κ2) is 4.65. The van der Waals surface area contributed by atoms with Crippen LogP contribution in [0.15, 0.2) is 24.5 Å². The number of nitrogens with two attached hydrogens (primary N) is 1. The maximum Gasteiger partial charge on any atom is 0.268 e. The largest absolute Gasteiger partial charge is 0.397 e. The minimum atomic E-state index is -0.210. The zero-order chi connectivity index (χ0) is 12.3. The first-order valence-corrected chi connectivity index (χ1v) is 5.16. The molecule has 0 aromatic carbocycles. The third-order valence-electron chi connectivity index (χ3n) is 2.21. The van der Waals surface area contributed by atoms with Crippen LogP contribution in [-0.2, 0) is 6.54 Å². The van der Waals surface area contributed by atoms with Crippen molar-refractivity contribution in [3.05, 3.63) is 41.7 Å². The Morgan fingerprint density at radius 1 is 1.59 bits per heavy atom. The summed E-state index contributed by atoms with van der Waals surface area (Å²) in [5, 5.41) is 2.74. The molecule has 0 aliphatic carbocycles. The van der Waals surface area contributed by atoms with Crippen molar-refractivity contribution in [1.82, 2.24) is 20.3 Å². The lowest BCUT2D eigenvalue weighted by Gasteiger charge is -2.03. The zero-order valence-electron chi connectivity index (χ0n) is 9.40. The molecule has 2 aromatic heterocycles. The number of nitrogen functional groups attached to an aromatic ring is 1. The van der Waals surface area contributed by atoms with Crippen LogP contribution in [0, 0.1) is 6.92 Å². The molecule has 17 heavy (non-hydrogen) atoms. The Morgan fingerprint density at radius 3 is 3.06 bits per heavy atom. The van der Waals surface area contributed by atoms with Gasteiger partial charge in [-0.25, -0.2) is 9.97 Å². The summed E-state index contributed by atoms with van der Waals surface area (Å²) < 4.78 is 0. The fraction of sp³-hybridized carbons (Fsp3) is 0.182. The van der Waals surface area contributed by atoms with E-state index in [2.05, 4.69) is 20.3 Å². The van der Waals surface area contributed by atoms with E-state index in [1.807, 2.05) is 0 Å². The van der Waals surface area contributed by atoms with E-state index in [9.17, 15) is 4.79 Å². The van der Waals surface area contributed by atoms with Gasteiger partial charge in [-0.05, 0) is 19.1 Å². The summed E-state index contributed by atoms with van der Waals surface area (Å²) in [7, 11) is 0. The molecule has 0 radical (unpaired) electrons. The molecule has 0 aliphatic rings. The molecule has 2 aromatic rings. The highest BCUT2D eigenvalue weighted by Gasteiger charge is 2.07. The summed E-state index contributed by atoms with van der Waals surface area (Å²) in [5.41, 5.74) is 7.25. The quantitative estimate of drug-likeness (QED) is 0.721. The van der Waals surface area contributed by atoms with E-state index in [0.29, 0.717) is 23.8 Å². The van der Waals surface area contributed by atoms with Crippen molar-refractivity contribution >= 4 is 11.6 Å². The number of H-pyrrole nitrogens is 1. The Balaban J connectivity index is 1.97. The van der Waals surface area contributed by atoms with Crippen molar-refractivity contribution in [3.8, 4) is 0 Å². The highest BCUT2D eigenvalue weighted by Crippen LogP contribution is 2.04. The van der Waals surface area contributed by atoms with Crippen molar-refractivity contribution in [2.75, 3.05) is 5.73 Å².